The number of nitrogens with one attached hydrogen (secondary N) is 1. The predicted octanol–water partition coefficient (Wildman–Crippen LogP) is 1.06. The summed E-state index contributed by atoms with van der Waals surface area (Å²) < 4.78 is 9.33. The topological polar surface area (TPSA) is 116 Å². The molecule has 1 atom stereocenters. The van der Waals surface area contributed by atoms with E-state index in [9.17, 15) is 14.7 Å². The number of hydrogen-bond donors (Lipinski definition) is 2. The van der Waals surface area contributed by atoms with Gasteiger partial charge in [-0.15, -0.1) is 0 Å². The fourth-order valence-electron chi connectivity index (χ4n) is 3.15. The predicted molar refractivity (Wildman–Crippen MR) is 120 cm³/mol. The Kier molecular flexibility index (Phi) is 6.71. The molecule has 0 unspecified atom stereocenters. The van der Waals surface area contributed by atoms with Crippen molar-refractivity contribution in [2.75, 3.05) is 12.0 Å². The highest BCUT2D eigenvalue weighted by Gasteiger charge is 2.21. The SMILES string of the molecule is C/C(=N/Nc1nc2c(c(=O)n(C)c(=O)n2C)n1C[C@H](O)COC(C)C)c1ccccc1. The molecule has 3 rings (SSSR count). The number of aliphatic hydroxyl groups is 1. The molecule has 0 spiro atoms. The molecule has 166 valence electrons. The van der Waals surface area contributed by atoms with Gasteiger partial charge in [0, 0.05) is 14.1 Å². The number of anilines is 1. The first-order chi connectivity index (χ1) is 14.7. The van der Waals surface area contributed by atoms with Crippen molar-refractivity contribution < 1.29 is 9.84 Å². The van der Waals surface area contributed by atoms with E-state index in [1.54, 1.807) is 7.05 Å². The molecule has 10 nitrogen and oxygen atoms in total. The molecule has 31 heavy (non-hydrogen) atoms. The summed E-state index contributed by atoms with van der Waals surface area (Å²) in [6.07, 6.45) is -0.930. The Morgan fingerprint density at radius 2 is 1.87 bits per heavy atom. The fraction of sp³-hybridized carbons (Fsp3) is 0.429. The van der Waals surface area contributed by atoms with Crippen LogP contribution in [0.5, 0.6) is 0 Å². The molecule has 1 aromatic carbocycles. The highest BCUT2D eigenvalue weighted by Crippen LogP contribution is 2.17. The summed E-state index contributed by atoms with van der Waals surface area (Å²) in [7, 11) is 2.95. The van der Waals surface area contributed by atoms with E-state index >= 15 is 0 Å². The maximum Gasteiger partial charge on any atom is 0.332 e. The standard InChI is InChI=1S/C21H28N6O4/c1-13(2)31-12-16(28)11-27-17-18(25(4)21(30)26(5)19(17)29)22-20(27)24-23-14(3)15-9-7-6-8-10-15/h6-10,13,16,28H,11-12H2,1-5H3,(H,22,24)/b23-14-/t16-/m0/s1. The van der Waals surface area contributed by atoms with E-state index in [0.717, 1.165) is 10.1 Å². The number of rotatable bonds is 8. The molecule has 2 heterocycles. The second-order valence-electron chi connectivity index (χ2n) is 7.63. The van der Waals surface area contributed by atoms with Crippen LogP contribution in [0.4, 0.5) is 5.95 Å². The highest BCUT2D eigenvalue weighted by atomic mass is 16.5. The van der Waals surface area contributed by atoms with Crippen molar-refractivity contribution in [1.29, 1.82) is 0 Å². The van der Waals surface area contributed by atoms with E-state index < -0.39 is 17.4 Å². The number of aromatic nitrogens is 4. The number of aryl methyl sites for hydroxylation is 1. The van der Waals surface area contributed by atoms with Crippen molar-refractivity contribution >= 4 is 22.8 Å². The van der Waals surface area contributed by atoms with Crippen LogP contribution in [0.15, 0.2) is 45.0 Å². The summed E-state index contributed by atoms with van der Waals surface area (Å²) in [4.78, 5) is 29.6. The number of aliphatic hydroxyl groups excluding tert-OH is 1. The Hall–Kier alpha value is -3.24. The smallest absolute Gasteiger partial charge is 0.332 e. The van der Waals surface area contributed by atoms with Gasteiger partial charge in [-0.3, -0.25) is 13.9 Å². The van der Waals surface area contributed by atoms with Crippen molar-refractivity contribution in [2.45, 2.75) is 39.5 Å². The van der Waals surface area contributed by atoms with E-state index in [1.807, 2.05) is 51.1 Å². The van der Waals surface area contributed by atoms with Gasteiger partial charge < -0.3 is 14.4 Å². The summed E-state index contributed by atoms with van der Waals surface area (Å²) in [5, 5.41) is 14.9. The molecule has 0 aliphatic heterocycles. The highest BCUT2D eigenvalue weighted by molar-refractivity contribution is 5.99. The van der Waals surface area contributed by atoms with Crippen molar-refractivity contribution in [3.8, 4) is 0 Å². The average molecular weight is 428 g/mol. The molecule has 2 aromatic heterocycles. The summed E-state index contributed by atoms with van der Waals surface area (Å²) >= 11 is 0. The van der Waals surface area contributed by atoms with Crippen LogP contribution < -0.4 is 16.7 Å². The zero-order valence-corrected chi connectivity index (χ0v) is 18.4. The number of imidazole rings is 1. The Balaban J connectivity index is 2.07. The van der Waals surface area contributed by atoms with Crippen LogP contribution in [-0.2, 0) is 25.4 Å². The van der Waals surface area contributed by atoms with Gasteiger partial charge in [0.2, 0.25) is 5.95 Å². The molecule has 0 bridgehead atoms. The van der Waals surface area contributed by atoms with Gasteiger partial charge in [0.1, 0.15) is 0 Å². The number of ether oxygens (including phenoxy) is 1. The van der Waals surface area contributed by atoms with Gasteiger partial charge in [0.25, 0.3) is 5.56 Å². The molecule has 3 aromatic rings. The van der Waals surface area contributed by atoms with Gasteiger partial charge in [-0.2, -0.15) is 10.1 Å². The monoisotopic (exact) mass is 428 g/mol. The van der Waals surface area contributed by atoms with Crippen molar-refractivity contribution in [1.82, 2.24) is 18.7 Å². The van der Waals surface area contributed by atoms with E-state index in [2.05, 4.69) is 15.5 Å². The lowest BCUT2D eigenvalue weighted by atomic mass is 10.1. The fourth-order valence-corrected chi connectivity index (χ4v) is 3.15. The summed E-state index contributed by atoms with van der Waals surface area (Å²) in [5.41, 5.74) is 3.94. The minimum atomic E-state index is -0.888. The van der Waals surface area contributed by atoms with Crippen LogP contribution in [-0.4, -0.2) is 48.3 Å². The van der Waals surface area contributed by atoms with Gasteiger partial charge in [-0.25, -0.2) is 10.2 Å². The molecule has 0 aliphatic carbocycles. The lowest BCUT2D eigenvalue weighted by Crippen LogP contribution is -2.38. The molecule has 0 saturated carbocycles. The number of fused-ring (bicyclic) bond motifs is 1. The first-order valence-electron chi connectivity index (χ1n) is 10.0. The molecule has 0 aliphatic rings. The van der Waals surface area contributed by atoms with Crippen LogP contribution >= 0.6 is 0 Å². The normalized spacial score (nSPS) is 13.2. The molecule has 0 amide bonds. The van der Waals surface area contributed by atoms with Crippen molar-refractivity contribution in [2.24, 2.45) is 19.2 Å². The average Bonchev–Trinajstić information content (AvgIpc) is 3.11. The van der Waals surface area contributed by atoms with Crippen LogP contribution in [0.1, 0.15) is 26.3 Å². The summed E-state index contributed by atoms with van der Waals surface area (Å²) in [5.74, 6) is 0.243. The third kappa shape index (κ3) is 4.75. The third-order valence-electron chi connectivity index (χ3n) is 4.88. The van der Waals surface area contributed by atoms with Crippen LogP contribution in [0.3, 0.4) is 0 Å². The number of hydrazone groups is 1. The van der Waals surface area contributed by atoms with Crippen molar-refractivity contribution in [3.05, 3.63) is 56.7 Å². The molecular formula is C21H28N6O4. The number of hydrogen-bond acceptors (Lipinski definition) is 7. The second kappa shape index (κ2) is 9.27. The number of nitrogens with zero attached hydrogens (tertiary/aromatic N) is 5. The maximum absolute atomic E-state index is 12.9. The zero-order valence-electron chi connectivity index (χ0n) is 18.4. The van der Waals surface area contributed by atoms with Gasteiger partial charge in [0.05, 0.1) is 31.1 Å². The van der Waals surface area contributed by atoms with Gasteiger partial charge in [-0.1, -0.05) is 30.3 Å². The lowest BCUT2D eigenvalue weighted by Gasteiger charge is -2.16. The molecule has 0 fully saturated rings. The van der Waals surface area contributed by atoms with E-state index in [4.69, 9.17) is 4.74 Å². The first kappa shape index (κ1) is 22.4. The Labute approximate surface area is 179 Å². The minimum absolute atomic E-state index is 0.0406. The molecule has 0 radical (unpaired) electrons. The largest absolute Gasteiger partial charge is 0.389 e. The van der Waals surface area contributed by atoms with Gasteiger partial charge >= 0.3 is 5.69 Å². The zero-order chi connectivity index (χ0) is 22.7. The van der Waals surface area contributed by atoms with Crippen LogP contribution in [0.25, 0.3) is 11.2 Å². The summed E-state index contributed by atoms with van der Waals surface area (Å²) in [6.45, 7) is 5.72. The first-order valence-corrected chi connectivity index (χ1v) is 10.0. The summed E-state index contributed by atoms with van der Waals surface area (Å²) in [6, 6.07) is 9.59. The minimum Gasteiger partial charge on any atom is -0.389 e. The number of benzene rings is 1. The van der Waals surface area contributed by atoms with Gasteiger partial charge in [-0.05, 0) is 26.3 Å². The molecule has 10 heteroatoms. The second-order valence-corrected chi connectivity index (χ2v) is 7.63. The molecule has 2 N–H and O–H groups in total. The Bertz CT molecular complexity index is 1210. The van der Waals surface area contributed by atoms with Crippen LogP contribution in [0, 0.1) is 0 Å². The van der Waals surface area contributed by atoms with E-state index in [0.29, 0.717) is 5.71 Å². The Morgan fingerprint density at radius 1 is 1.19 bits per heavy atom. The van der Waals surface area contributed by atoms with E-state index in [-0.39, 0.29) is 36.4 Å². The Morgan fingerprint density at radius 3 is 2.52 bits per heavy atom. The van der Waals surface area contributed by atoms with Crippen LogP contribution in [0.2, 0.25) is 0 Å². The third-order valence-corrected chi connectivity index (χ3v) is 4.88. The quantitative estimate of drug-likeness (QED) is 0.409. The van der Waals surface area contributed by atoms with E-state index in [1.165, 1.54) is 16.2 Å². The van der Waals surface area contributed by atoms with Gasteiger partial charge in [0.15, 0.2) is 11.2 Å². The molecular weight excluding hydrogens is 400 g/mol. The maximum atomic E-state index is 12.9. The van der Waals surface area contributed by atoms with Crippen molar-refractivity contribution in [3.63, 3.8) is 0 Å². The lowest BCUT2D eigenvalue weighted by molar-refractivity contribution is -0.000110. The molecule has 0 saturated heterocycles.